The van der Waals surface area contributed by atoms with Crippen LogP contribution in [-0.4, -0.2) is 5.91 Å². The van der Waals surface area contributed by atoms with Crippen LogP contribution >= 0.6 is 0 Å². The van der Waals surface area contributed by atoms with Crippen molar-refractivity contribution < 1.29 is 4.79 Å². The molecule has 1 aromatic rings. The molecule has 0 unspecified atom stereocenters. The number of carbonyl (C=O) groups excluding carboxylic acids is 1. The molecular formula is C18H27NO. The quantitative estimate of drug-likeness (QED) is 0.842. The summed E-state index contributed by atoms with van der Waals surface area (Å²) in [5.41, 5.74) is 1.24. The predicted molar refractivity (Wildman–Crippen MR) is 83.4 cm³/mol. The summed E-state index contributed by atoms with van der Waals surface area (Å²) >= 11 is 0. The number of amides is 1. The zero-order valence-electron chi connectivity index (χ0n) is 12.8. The van der Waals surface area contributed by atoms with Gasteiger partial charge in [0.05, 0.1) is 6.04 Å². The Morgan fingerprint density at radius 3 is 2.40 bits per heavy atom. The van der Waals surface area contributed by atoms with Gasteiger partial charge in [-0.15, -0.1) is 0 Å². The van der Waals surface area contributed by atoms with Crippen molar-refractivity contribution in [1.82, 2.24) is 5.32 Å². The summed E-state index contributed by atoms with van der Waals surface area (Å²) in [5, 5.41) is 3.24. The lowest BCUT2D eigenvalue weighted by Gasteiger charge is -2.28. The number of rotatable bonds is 5. The molecule has 0 bridgehead atoms. The molecule has 1 aromatic carbocycles. The first-order chi connectivity index (χ1) is 9.66. The van der Waals surface area contributed by atoms with E-state index in [-0.39, 0.29) is 17.9 Å². The molecule has 0 radical (unpaired) electrons. The van der Waals surface area contributed by atoms with Gasteiger partial charge >= 0.3 is 0 Å². The lowest BCUT2D eigenvalue weighted by Crippen LogP contribution is -2.33. The maximum Gasteiger partial charge on any atom is 0.223 e. The van der Waals surface area contributed by atoms with Crippen LogP contribution in [0.25, 0.3) is 0 Å². The molecule has 110 valence electrons. The molecule has 0 aromatic heterocycles. The van der Waals surface area contributed by atoms with E-state index in [2.05, 4.69) is 29.6 Å². The lowest BCUT2D eigenvalue weighted by molar-refractivity contribution is -0.124. The van der Waals surface area contributed by atoms with E-state index in [9.17, 15) is 4.79 Å². The van der Waals surface area contributed by atoms with E-state index in [4.69, 9.17) is 0 Å². The number of carbonyl (C=O) groups is 1. The molecule has 1 aliphatic rings. The average Bonchev–Trinajstić information content (AvgIpc) is 2.48. The normalized spacial score (nSPS) is 17.9. The van der Waals surface area contributed by atoms with Crippen molar-refractivity contribution in [3.05, 3.63) is 35.9 Å². The minimum absolute atomic E-state index is 0.0487. The molecule has 2 rings (SSSR count). The largest absolute Gasteiger partial charge is 0.349 e. The highest BCUT2D eigenvalue weighted by Crippen LogP contribution is 2.32. The first-order valence-electron chi connectivity index (χ1n) is 8.02. The van der Waals surface area contributed by atoms with Crippen molar-refractivity contribution in [2.24, 2.45) is 11.8 Å². The van der Waals surface area contributed by atoms with E-state index in [1.807, 2.05) is 19.9 Å². The van der Waals surface area contributed by atoms with Crippen LogP contribution in [0.3, 0.4) is 0 Å². The van der Waals surface area contributed by atoms with Gasteiger partial charge in [-0.25, -0.2) is 0 Å². The first-order valence-corrected chi connectivity index (χ1v) is 8.02. The zero-order valence-corrected chi connectivity index (χ0v) is 12.8. The molecule has 1 amide bonds. The van der Waals surface area contributed by atoms with Gasteiger partial charge in [0.1, 0.15) is 0 Å². The van der Waals surface area contributed by atoms with Gasteiger partial charge < -0.3 is 5.32 Å². The van der Waals surface area contributed by atoms with Gasteiger partial charge in [0.25, 0.3) is 0 Å². The van der Waals surface area contributed by atoms with Gasteiger partial charge in [0, 0.05) is 5.92 Å². The maximum absolute atomic E-state index is 12.1. The van der Waals surface area contributed by atoms with E-state index in [1.165, 1.54) is 37.7 Å². The average molecular weight is 273 g/mol. The van der Waals surface area contributed by atoms with Crippen molar-refractivity contribution in [2.45, 2.75) is 58.4 Å². The Hall–Kier alpha value is -1.31. The molecule has 2 nitrogen and oxygen atoms in total. The van der Waals surface area contributed by atoms with Crippen molar-refractivity contribution in [2.75, 3.05) is 0 Å². The summed E-state index contributed by atoms with van der Waals surface area (Å²) in [4.78, 5) is 12.1. The fourth-order valence-electron chi connectivity index (χ4n) is 3.06. The minimum atomic E-state index is 0.0487. The Labute approximate surface area is 123 Å². The van der Waals surface area contributed by atoms with Gasteiger partial charge in [0.2, 0.25) is 5.91 Å². The highest BCUT2D eigenvalue weighted by molar-refractivity contribution is 5.78. The van der Waals surface area contributed by atoms with Crippen LogP contribution in [0.5, 0.6) is 0 Å². The van der Waals surface area contributed by atoms with Crippen LogP contribution in [0.4, 0.5) is 0 Å². The molecular weight excluding hydrogens is 246 g/mol. The van der Waals surface area contributed by atoms with Crippen molar-refractivity contribution >= 4 is 5.91 Å². The first kappa shape index (κ1) is 15.1. The second kappa shape index (κ2) is 7.47. The highest BCUT2D eigenvalue weighted by Gasteiger charge is 2.22. The monoisotopic (exact) mass is 273 g/mol. The van der Waals surface area contributed by atoms with E-state index >= 15 is 0 Å². The smallest absolute Gasteiger partial charge is 0.223 e. The van der Waals surface area contributed by atoms with Gasteiger partial charge in [0.15, 0.2) is 0 Å². The molecule has 20 heavy (non-hydrogen) atoms. The van der Waals surface area contributed by atoms with Gasteiger partial charge in [-0.1, -0.05) is 76.3 Å². The third-order valence-electron chi connectivity index (χ3n) is 4.34. The fourth-order valence-corrected chi connectivity index (χ4v) is 3.06. The number of nitrogens with one attached hydrogen (secondary N) is 1. The minimum Gasteiger partial charge on any atom is -0.349 e. The standard InChI is InChI=1S/C18H27NO/c1-14(2)18(20)19-17(16-11-7-4-8-12-16)13-15-9-5-3-6-10-15/h4,7-8,11-12,14-15,17H,3,5-6,9-10,13H2,1-2H3,(H,19,20)/t17-/m1/s1. The van der Waals surface area contributed by atoms with Crippen molar-refractivity contribution in [3.8, 4) is 0 Å². The van der Waals surface area contributed by atoms with Gasteiger partial charge in [-0.3, -0.25) is 4.79 Å². The Kier molecular flexibility index (Phi) is 5.63. The molecule has 2 heteroatoms. The lowest BCUT2D eigenvalue weighted by atomic mass is 9.83. The second-order valence-electron chi connectivity index (χ2n) is 6.37. The number of benzene rings is 1. The van der Waals surface area contributed by atoms with Crippen LogP contribution in [0, 0.1) is 11.8 Å². The van der Waals surface area contributed by atoms with Gasteiger partial charge in [-0.05, 0) is 17.9 Å². The fraction of sp³-hybridized carbons (Fsp3) is 0.611. The predicted octanol–water partition coefficient (Wildman–Crippen LogP) is 4.47. The molecule has 1 fully saturated rings. The third kappa shape index (κ3) is 4.36. The van der Waals surface area contributed by atoms with Crippen LogP contribution in [0.15, 0.2) is 30.3 Å². The third-order valence-corrected chi connectivity index (χ3v) is 4.34. The molecule has 0 spiro atoms. The van der Waals surface area contributed by atoms with Crippen LogP contribution < -0.4 is 5.32 Å². The summed E-state index contributed by atoms with van der Waals surface area (Å²) in [6, 6.07) is 10.6. The topological polar surface area (TPSA) is 29.1 Å². The highest BCUT2D eigenvalue weighted by atomic mass is 16.1. The Bertz CT molecular complexity index is 407. The van der Waals surface area contributed by atoms with E-state index in [0.717, 1.165) is 12.3 Å². The number of hydrogen-bond acceptors (Lipinski definition) is 1. The summed E-state index contributed by atoms with van der Waals surface area (Å²) in [5.74, 6) is 0.976. The maximum atomic E-state index is 12.1. The Balaban J connectivity index is 2.05. The van der Waals surface area contributed by atoms with Crippen LogP contribution in [-0.2, 0) is 4.79 Å². The Morgan fingerprint density at radius 1 is 1.15 bits per heavy atom. The van der Waals surface area contributed by atoms with Crippen LogP contribution in [0.1, 0.15) is 64.0 Å². The van der Waals surface area contributed by atoms with Crippen molar-refractivity contribution in [1.29, 1.82) is 0 Å². The van der Waals surface area contributed by atoms with Crippen molar-refractivity contribution in [3.63, 3.8) is 0 Å². The molecule has 1 atom stereocenters. The molecule has 0 heterocycles. The summed E-state index contributed by atoms with van der Waals surface area (Å²) in [6.07, 6.45) is 7.81. The summed E-state index contributed by atoms with van der Waals surface area (Å²) < 4.78 is 0. The summed E-state index contributed by atoms with van der Waals surface area (Å²) in [6.45, 7) is 3.91. The SMILES string of the molecule is CC(C)C(=O)N[C@H](CC1CCCCC1)c1ccccc1. The second-order valence-corrected chi connectivity index (χ2v) is 6.37. The van der Waals surface area contributed by atoms with E-state index in [1.54, 1.807) is 0 Å². The summed E-state index contributed by atoms with van der Waals surface area (Å²) in [7, 11) is 0. The van der Waals surface area contributed by atoms with E-state index < -0.39 is 0 Å². The molecule has 0 saturated heterocycles. The molecule has 1 N–H and O–H groups in total. The Morgan fingerprint density at radius 2 is 1.80 bits per heavy atom. The van der Waals surface area contributed by atoms with Gasteiger partial charge in [-0.2, -0.15) is 0 Å². The zero-order chi connectivity index (χ0) is 14.4. The molecule has 1 saturated carbocycles. The molecule has 0 aliphatic heterocycles. The molecule has 1 aliphatic carbocycles. The van der Waals surface area contributed by atoms with Crippen LogP contribution in [0.2, 0.25) is 0 Å². The number of hydrogen-bond donors (Lipinski definition) is 1. The van der Waals surface area contributed by atoms with E-state index in [0.29, 0.717) is 0 Å².